The van der Waals surface area contributed by atoms with Crippen LogP contribution in [0, 0.1) is 0 Å². The first-order chi connectivity index (χ1) is 15.0. The van der Waals surface area contributed by atoms with E-state index in [9.17, 15) is 13.2 Å². The van der Waals surface area contributed by atoms with Gasteiger partial charge in [0.05, 0.1) is 25.0 Å². The molecule has 1 heterocycles. The SMILES string of the molecule is COC(=O)c1ccc(CS(=O)(=O)N(C)Cc2nc(-c3ccc(C(C)(C)C)cc3)no2)cc1. The van der Waals surface area contributed by atoms with Gasteiger partial charge in [-0.15, -0.1) is 0 Å². The van der Waals surface area contributed by atoms with Crippen molar-refractivity contribution < 1.29 is 22.5 Å². The molecule has 3 rings (SSSR count). The monoisotopic (exact) mass is 457 g/mol. The summed E-state index contributed by atoms with van der Waals surface area (Å²) >= 11 is 0. The minimum Gasteiger partial charge on any atom is -0.465 e. The van der Waals surface area contributed by atoms with Gasteiger partial charge in [-0.2, -0.15) is 9.29 Å². The van der Waals surface area contributed by atoms with Crippen LogP contribution in [-0.2, 0) is 32.5 Å². The highest BCUT2D eigenvalue weighted by atomic mass is 32.2. The summed E-state index contributed by atoms with van der Waals surface area (Å²) in [4.78, 5) is 15.9. The molecule has 0 radical (unpaired) electrons. The molecule has 0 unspecified atom stereocenters. The lowest BCUT2D eigenvalue weighted by atomic mass is 9.87. The van der Waals surface area contributed by atoms with E-state index in [0.29, 0.717) is 17.0 Å². The van der Waals surface area contributed by atoms with Crippen LogP contribution >= 0.6 is 0 Å². The van der Waals surface area contributed by atoms with E-state index in [1.54, 1.807) is 12.1 Å². The fourth-order valence-electron chi connectivity index (χ4n) is 3.02. The summed E-state index contributed by atoms with van der Waals surface area (Å²) in [7, 11) is -0.888. The molecule has 32 heavy (non-hydrogen) atoms. The van der Waals surface area contributed by atoms with Gasteiger partial charge < -0.3 is 9.26 Å². The molecule has 0 atom stereocenters. The number of rotatable bonds is 7. The summed E-state index contributed by atoms with van der Waals surface area (Å²) in [5.74, 6) is -0.0892. The van der Waals surface area contributed by atoms with Crippen molar-refractivity contribution in [1.29, 1.82) is 0 Å². The number of sulfonamides is 1. The number of methoxy groups -OCH3 is 1. The summed E-state index contributed by atoms with van der Waals surface area (Å²) < 4.78 is 36.5. The zero-order chi connectivity index (χ0) is 23.5. The second-order valence-electron chi connectivity index (χ2n) is 8.54. The predicted octanol–water partition coefficient (Wildman–Crippen LogP) is 3.78. The summed E-state index contributed by atoms with van der Waals surface area (Å²) in [6, 6.07) is 14.1. The van der Waals surface area contributed by atoms with Gasteiger partial charge in [0.25, 0.3) is 0 Å². The van der Waals surface area contributed by atoms with Gasteiger partial charge in [0.1, 0.15) is 0 Å². The van der Waals surface area contributed by atoms with Crippen molar-refractivity contribution in [2.75, 3.05) is 14.2 Å². The summed E-state index contributed by atoms with van der Waals surface area (Å²) in [5, 5.41) is 3.98. The van der Waals surface area contributed by atoms with Crippen molar-refractivity contribution in [1.82, 2.24) is 14.4 Å². The third-order valence-corrected chi connectivity index (χ3v) is 6.81. The maximum Gasteiger partial charge on any atom is 0.337 e. The van der Waals surface area contributed by atoms with E-state index in [2.05, 4.69) is 35.6 Å². The maximum atomic E-state index is 12.7. The molecule has 0 bridgehead atoms. The zero-order valence-corrected chi connectivity index (χ0v) is 19.6. The minimum atomic E-state index is -3.64. The van der Waals surface area contributed by atoms with E-state index in [0.717, 1.165) is 5.56 Å². The Hall–Kier alpha value is -3.04. The molecule has 170 valence electrons. The number of nitrogens with zero attached hydrogens (tertiary/aromatic N) is 3. The van der Waals surface area contributed by atoms with Gasteiger partial charge in [0, 0.05) is 12.6 Å². The molecule has 0 N–H and O–H groups in total. The Bertz CT molecular complexity index is 1180. The van der Waals surface area contributed by atoms with E-state index < -0.39 is 16.0 Å². The number of hydrogen-bond acceptors (Lipinski definition) is 7. The van der Waals surface area contributed by atoms with Crippen LogP contribution in [0.4, 0.5) is 0 Å². The largest absolute Gasteiger partial charge is 0.465 e. The van der Waals surface area contributed by atoms with Crippen molar-refractivity contribution >= 4 is 16.0 Å². The lowest BCUT2D eigenvalue weighted by Crippen LogP contribution is -2.28. The van der Waals surface area contributed by atoms with Gasteiger partial charge in [-0.05, 0) is 28.7 Å². The van der Waals surface area contributed by atoms with Crippen molar-refractivity contribution in [3.05, 3.63) is 71.1 Å². The lowest BCUT2D eigenvalue weighted by Gasteiger charge is -2.18. The molecule has 0 saturated heterocycles. The molecule has 0 aliphatic carbocycles. The molecule has 2 aromatic carbocycles. The van der Waals surface area contributed by atoms with Crippen LogP contribution in [0.5, 0.6) is 0 Å². The predicted molar refractivity (Wildman–Crippen MR) is 120 cm³/mol. The van der Waals surface area contributed by atoms with Gasteiger partial charge in [-0.3, -0.25) is 0 Å². The Morgan fingerprint density at radius 3 is 2.25 bits per heavy atom. The fourth-order valence-corrected chi connectivity index (χ4v) is 4.16. The van der Waals surface area contributed by atoms with Crippen LogP contribution in [0.3, 0.4) is 0 Å². The van der Waals surface area contributed by atoms with Gasteiger partial charge in [0.2, 0.25) is 21.7 Å². The second kappa shape index (κ2) is 9.22. The first-order valence-corrected chi connectivity index (χ1v) is 11.7. The molecule has 0 saturated carbocycles. The number of benzene rings is 2. The average molecular weight is 458 g/mol. The smallest absolute Gasteiger partial charge is 0.337 e. The molecule has 0 spiro atoms. The van der Waals surface area contributed by atoms with E-state index in [1.165, 1.54) is 36.2 Å². The Labute approximate surface area is 188 Å². The highest BCUT2D eigenvalue weighted by Crippen LogP contribution is 2.25. The summed E-state index contributed by atoms with van der Waals surface area (Å²) in [5.41, 5.74) is 2.93. The van der Waals surface area contributed by atoms with Crippen LogP contribution < -0.4 is 0 Å². The van der Waals surface area contributed by atoms with Crippen LogP contribution in [-0.4, -0.2) is 43.0 Å². The summed E-state index contributed by atoms with van der Waals surface area (Å²) in [6.07, 6.45) is 0. The number of carbonyl (C=O) groups excluding carboxylic acids is 1. The maximum absolute atomic E-state index is 12.7. The van der Waals surface area contributed by atoms with Crippen LogP contribution in [0.15, 0.2) is 53.1 Å². The Morgan fingerprint density at radius 2 is 1.69 bits per heavy atom. The molecular formula is C23H27N3O5S. The molecule has 8 nitrogen and oxygen atoms in total. The molecule has 0 amide bonds. The topological polar surface area (TPSA) is 103 Å². The van der Waals surface area contributed by atoms with Crippen LogP contribution in [0.1, 0.15) is 48.1 Å². The standard InChI is InChI=1S/C23H27N3O5S/c1-23(2,3)19-12-10-17(11-13-19)21-24-20(31-25-21)14-26(4)32(28,29)15-16-6-8-18(9-7-16)22(27)30-5/h6-13H,14-15H2,1-5H3. The highest BCUT2D eigenvalue weighted by molar-refractivity contribution is 7.88. The van der Waals surface area contributed by atoms with Crippen molar-refractivity contribution in [2.24, 2.45) is 0 Å². The third kappa shape index (κ3) is 5.60. The van der Waals surface area contributed by atoms with Crippen LogP contribution in [0.2, 0.25) is 0 Å². The Morgan fingerprint density at radius 1 is 1.06 bits per heavy atom. The van der Waals surface area contributed by atoms with Crippen molar-refractivity contribution in [3.63, 3.8) is 0 Å². The van der Waals surface area contributed by atoms with E-state index in [-0.39, 0.29) is 23.6 Å². The van der Waals surface area contributed by atoms with E-state index in [4.69, 9.17) is 4.52 Å². The molecule has 3 aromatic rings. The summed E-state index contributed by atoms with van der Waals surface area (Å²) in [6.45, 7) is 6.37. The lowest BCUT2D eigenvalue weighted by molar-refractivity contribution is 0.0600. The van der Waals surface area contributed by atoms with Gasteiger partial charge in [-0.25, -0.2) is 13.2 Å². The number of ether oxygens (including phenoxy) is 1. The zero-order valence-electron chi connectivity index (χ0n) is 18.8. The third-order valence-electron chi connectivity index (χ3n) is 5.03. The molecule has 0 aliphatic heterocycles. The molecule has 0 fully saturated rings. The molecule has 0 aliphatic rings. The minimum absolute atomic E-state index is 0.0393. The Balaban J connectivity index is 1.67. The average Bonchev–Trinajstić information content (AvgIpc) is 3.21. The Kier molecular flexibility index (Phi) is 6.80. The molecule has 1 aromatic heterocycles. The second-order valence-corrected chi connectivity index (χ2v) is 10.6. The first kappa shape index (κ1) is 23.6. The normalized spacial score (nSPS) is 12.2. The first-order valence-electron chi connectivity index (χ1n) is 10.0. The van der Waals surface area contributed by atoms with E-state index in [1.807, 2.05) is 24.3 Å². The number of hydrogen-bond donors (Lipinski definition) is 0. The number of aromatic nitrogens is 2. The van der Waals surface area contributed by atoms with Crippen molar-refractivity contribution in [2.45, 2.75) is 38.5 Å². The number of carbonyl (C=O) groups is 1. The van der Waals surface area contributed by atoms with E-state index >= 15 is 0 Å². The van der Waals surface area contributed by atoms with Gasteiger partial charge in [-0.1, -0.05) is 62.3 Å². The quantitative estimate of drug-likeness (QED) is 0.497. The van der Waals surface area contributed by atoms with Gasteiger partial charge in [0.15, 0.2) is 0 Å². The number of esters is 1. The molecular weight excluding hydrogens is 430 g/mol. The molecule has 9 heteroatoms. The van der Waals surface area contributed by atoms with Crippen LogP contribution in [0.25, 0.3) is 11.4 Å². The fraction of sp³-hybridized carbons (Fsp3) is 0.348. The van der Waals surface area contributed by atoms with Gasteiger partial charge >= 0.3 is 5.97 Å². The van der Waals surface area contributed by atoms with Crippen molar-refractivity contribution in [3.8, 4) is 11.4 Å². The highest BCUT2D eigenvalue weighted by Gasteiger charge is 2.22.